The highest BCUT2D eigenvalue weighted by Crippen LogP contribution is 2.34. The second-order valence-electron chi connectivity index (χ2n) is 7.83. The molecule has 0 saturated heterocycles. The molecule has 0 saturated carbocycles. The molecule has 0 radical (unpaired) electrons. The number of hydrogen-bond donors (Lipinski definition) is 4. The first-order valence-electron chi connectivity index (χ1n) is 11.6. The molecule has 0 aromatic carbocycles. The Morgan fingerprint density at radius 2 is 1.73 bits per heavy atom. The van der Waals surface area contributed by atoms with E-state index in [1.807, 2.05) is 20.6 Å². The fourth-order valence-corrected chi connectivity index (χ4v) is 3.92. The van der Waals surface area contributed by atoms with Gasteiger partial charge in [0, 0.05) is 42.6 Å². The van der Waals surface area contributed by atoms with E-state index >= 15 is 0 Å². The van der Waals surface area contributed by atoms with Crippen LogP contribution >= 0.6 is 22.9 Å². The van der Waals surface area contributed by atoms with Crippen LogP contribution in [0, 0.1) is 6.92 Å². The van der Waals surface area contributed by atoms with E-state index in [1.54, 1.807) is 35.9 Å². The number of nitrogens with one attached hydrogen (secondary N) is 3. The van der Waals surface area contributed by atoms with Gasteiger partial charge in [0.1, 0.15) is 47.6 Å². The first-order valence-corrected chi connectivity index (χ1v) is 12.8. The molecule has 4 aromatic rings. The second kappa shape index (κ2) is 16.0. The van der Waals surface area contributed by atoms with Gasteiger partial charge in [0.05, 0.1) is 16.6 Å². The van der Waals surface area contributed by atoms with Crippen molar-refractivity contribution in [1.29, 1.82) is 0 Å². The zero-order valence-corrected chi connectivity index (χ0v) is 23.4. The Morgan fingerprint density at radius 1 is 1.05 bits per heavy atom. The van der Waals surface area contributed by atoms with Gasteiger partial charge in [-0.05, 0) is 26.0 Å². The number of nitrogens with zero attached hydrogens (tertiary/aromatic N) is 6. The van der Waals surface area contributed by atoms with E-state index in [0.29, 0.717) is 30.7 Å². The van der Waals surface area contributed by atoms with Crippen LogP contribution in [-0.2, 0) is 11.0 Å². The molecule has 0 bridgehead atoms. The van der Waals surface area contributed by atoms with Crippen molar-refractivity contribution in [3.8, 4) is 0 Å². The Morgan fingerprint density at radius 3 is 2.32 bits per heavy atom. The lowest BCUT2D eigenvalue weighted by Gasteiger charge is -2.11. The van der Waals surface area contributed by atoms with Gasteiger partial charge in [-0.3, -0.25) is 4.79 Å². The highest BCUT2D eigenvalue weighted by Gasteiger charge is 2.33. The summed E-state index contributed by atoms with van der Waals surface area (Å²) in [5.74, 6) is 0.866. The molecule has 0 aliphatic carbocycles. The smallest absolute Gasteiger partial charge is 0.384 e. The lowest BCUT2D eigenvalue weighted by Crippen LogP contribution is -2.27. The molecule has 5 N–H and O–H groups in total. The summed E-state index contributed by atoms with van der Waals surface area (Å²) in [6, 6.07) is 3.93. The van der Waals surface area contributed by atoms with E-state index in [0.717, 1.165) is 21.9 Å². The maximum absolute atomic E-state index is 12.4. The Hall–Kier alpha value is -4.44. The van der Waals surface area contributed by atoms with Crippen LogP contribution in [0.3, 0.4) is 0 Å². The normalized spacial score (nSPS) is 11.2. The van der Waals surface area contributed by atoms with Crippen LogP contribution < -0.4 is 21.7 Å². The molecule has 218 valence electrons. The highest BCUT2D eigenvalue weighted by atomic mass is 35.5. The molecular weight excluding hydrogens is 585 g/mol. The number of nitrogens with two attached hydrogens (primary N) is 1. The van der Waals surface area contributed by atoms with Crippen LogP contribution in [0.2, 0.25) is 5.02 Å². The minimum Gasteiger partial charge on any atom is -0.384 e. The van der Waals surface area contributed by atoms with Gasteiger partial charge in [-0.15, -0.1) is 11.3 Å². The molecule has 17 heteroatoms. The molecule has 4 heterocycles. The molecule has 1 unspecified atom stereocenters. The fourth-order valence-electron chi connectivity index (χ4n) is 2.93. The topological polar surface area (TPSA) is 174 Å². The van der Waals surface area contributed by atoms with Crippen LogP contribution in [0.4, 0.5) is 30.6 Å². The Labute approximate surface area is 242 Å². The highest BCUT2D eigenvalue weighted by molar-refractivity contribution is 7.11. The summed E-state index contributed by atoms with van der Waals surface area (Å²) in [5.41, 5.74) is 4.40. The molecule has 4 rings (SSSR count). The summed E-state index contributed by atoms with van der Waals surface area (Å²) < 4.78 is 36.2. The Kier molecular flexibility index (Phi) is 12.8. The first-order chi connectivity index (χ1) is 19.5. The van der Waals surface area contributed by atoms with Gasteiger partial charge in [0.25, 0.3) is 5.91 Å². The van der Waals surface area contributed by atoms with Crippen molar-refractivity contribution in [2.75, 3.05) is 29.5 Å². The van der Waals surface area contributed by atoms with Crippen molar-refractivity contribution in [2.45, 2.75) is 26.1 Å². The molecule has 4 aromatic heterocycles. The van der Waals surface area contributed by atoms with Crippen molar-refractivity contribution >= 4 is 53.1 Å². The van der Waals surface area contributed by atoms with Crippen molar-refractivity contribution in [3.63, 3.8) is 0 Å². The van der Waals surface area contributed by atoms with Crippen LogP contribution in [0.5, 0.6) is 0 Å². The zero-order valence-electron chi connectivity index (χ0n) is 21.8. The SMILES string of the molecule is C=O.Cc1cnc(C(C)NC(=O)c2cc(NCCNc3ccncn3)ncn2)s1.Nc1cc(C(F)(F)F)c(Cl)cn1. The summed E-state index contributed by atoms with van der Waals surface area (Å²) in [6.45, 7) is 7.13. The molecular formula is C24H26ClF3N10O2S. The molecule has 0 spiro atoms. The molecule has 1 amide bonds. The number of amides is 1. The second-order valence-corrected chi connectivity index (χ2v) is 9.50. The summed E-state index contributed by atoms with van der Waals surface area (Å²) >= 11 is 6.80. The largest absolute Gasteiger partial charge is 0.418 e. The van der Waals surface area contributed by atoms with Crippen LogP contribution in [-0.4, -0.2) is 55.7 Å². The lowest BCUT2D eigenvalue weighted by molar-refractivity contribution is -0.137. The minimum atomic E-state index is -4.48. The van der Waals surface area contributed by atoms with Gasteiger partial charge in [0.2, 0.25) is 0 Å². The quantitative estimate of drug-likeness (QED) is 0.211. The van der Waals surface area contributed by atoms with E-state index in [9.17, 15) is 18.0 Å². The number of nitrogen functional groups attached to an aromatic ring is 1. The molecule has 0 aliphatic heterocycles. The summed E-state index contributed by atoms with van der Waals surface area (Å²) in [6.07, 6.45) is 2.72. The summed E-state index contributed by atoms with van der Waals surface area (Å²) in [7, 11) is 0. The third-order valence-corrected chi connectivity index (χ3v) is 6.15. The molecule has 12 nitrogen and oxygen atoms in total. The van der Waals surface area contributed by atoms with Crippen molar-refractivity contribution in [2.24, 2.45) is 0 Å². The average Bonchev–Trinajstić information content (AvgIpc) is 3.40. The van der Waals surface area contributed by atoms with Gasteiger partial charge in [-0.25, -0.2) is 29.9 Å². The molecule has 0 fully saturated rings. The van der Waals surface area contributed by atoms with Crippen LogP contribution in [0.1, 0.15) is 38.9 Å². The maximum Gasteiger partial charge on any atom is 0.418 e. The number of halogens is 4. The molecule has 0 aliphatic rings. The number of rotatable bonds is 8. The fraction of sp³-hybridized carbons (Fsp3) is 0.250. The predicted molar refractivity (Wildman–Crippen MR) is 150 cm³/mol. The van der Waals surface area contributed by atoms with Crippen molar-refractivity contribution in [3.05, 3.63) is 75.6 Å². The van der Waals surface area contributed by atoms with E-state index in [4.69, 9.17) is 22.1 Å². The number of anilines is 3. The standard InChI is InChI=1S/C17H20N8OS.C6H4ClF3N2.CH2O/c1-11-8-21-17(27-11)12(2)25-16(26)13-7-15(24-10-22-13)20-6-5-19-14-3-4-18-9-23-14;7-4-2-12-5(11)1-3(4)6(8,9)10;1-2/h3-4,7-10,12H,5-6H2,1-2H3,(H,25,26)(H,18,19,23)(H,20,22,24);1-2H,(H2,11,12);1H2. The number of aryl methyl sites for hydroxylation is 1. The minimum absolute atomic E-state index is 0.181. The third kappa shape index (κ3) is 10.9. The van der Waals surface area contributed by atoms with E-state index in [-0.39, 0.29) is 17.8 Å². The van der Waals surface area contributed by atoms with E-state index < -0.39 is 16.8 Å². The number of carbonyl (C=O) groups excluding carboxylic acids is 2. The molecule has 41 heavy (non-hydrogen) atoms. The van der Waals surface area contributed by atoms with Gasteiger partial charge >= 0.3 is 6.18 Å². The number of hydrogen-bond acceptors (Lipinski definition) is 12. The summed E-state index contributed by atoms with van der Waals surface area (Å²) in [5, 5.41) is 9.63. The maximum atomic E-state index is 12.4. The Bertz CT molecular complexity index is 1400. The number of carbonyl (C=O) groups is 2. The zero-order chi connectivity index (χ0) is 30.4. The average molecular weight is 611 g/mol. The number of alkyl halides is 3. The Balaban J connectivity index is 0.000000352. The van der Waals surface area contributed by atoms with E-state index in [1.165, 1.54) is 12.7 Å². The number of thiazole rings is 1. The number of pyridine rings is 1. The van der Waals surface area contributed by atoms with Crippen LogP contribution in [0.25, 0.3) is 0 Å². The summed E-state index contributed by atoms with van der Waals surface area (Å²) in [4.78, 5) is 45.4. The van der Waals surface area contributed by atoms with Crippen LogP contribution in [0.15, 0.2) is 49.4 Å². The monoisotopic (exact) mass is 610 g/mol. The lowest BCUT2D eigenvalue weighted by atomic mass is 10.2. The van der Waals surface area contributed by atoms with Gasteiger partial charge < -0.3 is 26.5 Å². The van der Waals surface area contributed by atoms with Gasteiger partial charge in [-0.1, -0.05) is 11.6 Å². The van der Waals surface area contributed by atoms with Crippen molar-refractivity contribution in [1.82, 2.24) is 35.2 Å². The van der Waals surface area contributed by atoms with Gasteiger partial charge in [0.15, 0.2) is 0 Å². The first kappa shape index (κ1) is 32.8. The van der Waals surface area contributed by atoms with Crippen molar-refractivity contribution < 1.29 is 22.8 Å². The third-order valence-electron chi connectivity index (χ3n) is 4.76. The predicted octanol–water partition coefficient (Wildman–Crippen LogP) is 4.20. The van der Waals surface area contributed by atoms with Gasteiger partial charge in [-0.2, -0.15) is 13.2 Å². The molecule has 1 atom stereocenters. The van der Waals surface area contributed by atoms with E-state index in [2.05, 4.69) is 45.9 Å². The number of aromatic nitrogens is 6.